The first-order valence-electron chi connectivity index (χ1n) is 6.91. The third-order valence-corrected chi connectivity index (χ3v) is 3.66. The molecule has 2 N–H and O–H groups in total. The standard InChI is InChI=1S/C15H24BrN3O/c1-12(13-5-7-14(16)8-6-13)18-15(20)11-19(3)10-4-9-17-2/h5-8,12,17H,4,9-11H2,1-3H3,(H,18,20). The Balaban J connectivity index is 2.35. The van der Waals surface area contributed by atoms with E-state index in [1.807, 2.05) is 50.2 Å². The summed E-state index contributed by atoms with van der Waals surface area (Å²) in [4.78, 5) is 14.0. The van der Waals surface area contributed by atoms with Crippen molar-refractivity contribution in [3.63, 3.8) is 0 Å². The molecular weight excluding hydrogens is 318 g/mol. The van der Waals surface area contributed by atoms with Crippen LogP contribution in [-0.4, -0.2) is 44.5 Å². The lowest BCUT2D eigenvalue weighted by Crippen LogP contribution is -2.37. The van der Waals surface area contributed by atoms with Gasteiger partial charge in [-0.15, -0.1) is 0 Å². The maximum absolute atomic E-state index is 12.0. The van der Waals surface area contributed by atoms with E-state index in [-0.39, 0.29) is 11.9 Å². The first-order valence-corrected chi connectivity index (χ1v) is 7.70. The fourth-order valence-electron chi connectivity index (χ4n) is 1.97. The number of carbonyl (C=O) groups excluding carboxylic acids is 1. The SMILES string of the molecule is CNCCCN(C)CC(=O)NC(C)c1ccc(Br)cc1. The molecule has 0 saturated carbocycles. The van der Waals surface area contributed by atoms with Gasteiger partial charge in [0.1, 0.15) is 0 Å². The van der Waals surface area contributed by atoms with Gasteiger partial charge in [0.05, 0.1) is 12.6 Å². The van der Waals surface area contributed by atoms with Gasteiger partial charge in [0, 0.05) is 4.47 Å². The Labute approximate surface area is 130 Å². The van der Waals surface area contributed by atoms with Crippen LogP contribution in [0.5, 0.6) is 0 Å². The molecule has 0 bridgehead atoms. The first kappa shape index (κ1) is 17.1. The molecule has 0 aliphatic rings. The van der Waals surface area contributed by atoms with Crippen molar-refractivity contribution >= 4 is 21.8 Å². The molecule has 0 aliphatic carbocycles. The third kappa shape index (κ3) is 6.50. The minimum atomic E-state index is 0.0290. The molecule has 0 aliphatic heterocycles. The van der Waals surface area contributed by atoms with E-state index in [1.54, 1.807) is 0 Å². The van der Waals surface area contributed by atoms with Crippen molar-refractivity contribution in [2.24, 2.45) is 0 Å². The number of amides is 1. The van der Waals surface area contributed by atoms with Crippen molar-refractivity contribution in [3.05, 3.63) is 34.3 Å². The van der Waals surface area contributed by atoms with Crippen molar-refractivity contribution in [3.8, 4) is 0 Å². The Morgan fingerprint density at radius 3 is 2.60 bits per heavy atom. The number of benzene rings is 1. The Bertz CT molecular complexity index is 408. The summed E-state index contributed by atoms with van der Waals surface area (Å²) in [5.74, 6) is 0.0624. The predicted octanol–water partition coefficient (Wildman–Crippen LogP) is 2.17. The molecule has 1 aromatic rings. The fraction of sp³-hybridized carbons (Fsp3) is 0.533. The van der Waals surface area contributed by atoms with Crippen LogP contribution in [0.1, 0.15) is 24.9 Å². The summed E-state index contributed by atoms with van der Waals surface area (Å²) in [6.45, 7) is 4.33. The first-order chi connectivity index (χ1) is 9.52. The molecule has 1 rings (SSSR count). The van der Waals surface area contributed by atoms with Gasteiger partial charge >= 0.3 is 0 Å². The lowest BCUT2D eigenvalue weighted by atomic mass is 10.1. The molecule has 5 heteroatoms. The number of likely N-dealkylation sites (N-methyl/N-ethyl adjacent to an activating group) is 1. The van der Waals surface area contributed by atoms with Crippen molar-refractivity contribution in [1.29, 1.82) is 0 Å². The number of carbonyl (C=O) groups is 1. The lowest BCUT2D eigenvalue weighted by molar-refractivity contribution is -0.122. The van der Waals surface area contributed by atoms with Crippen LogP contribution in [0.25, 0.3) is 0 Å². The zero-order chi connectivity index (χ0) is 15.0. The molecule has 20 heavy (non-hydrogen) atoms. The average molecular weight is 342 g/mol. The summed E-state index contributed by atoms with van der Waals surface area (Å²) < 4.78 is 1.05. The summed E-state index contributed by atoms with van der Waals surface area (Å²) in [5.41, 5.74) is 1.11. The van der Waals surface area contributed by atoms with E-state index in [0.717, 1.165) is 29.5 Å². The van der Waals surface area contributed by atoms with Crippen molar-refractivity contribution in [2.75, 3.05) is 33.7 Å². The van der Waals surface area contributed by atoms with E-state index >= 15 is 0 Å². The van der Waals surface area contributed by atoms with Gasteiger partial charge in [-0.3, -0.25) is 9.69 Å². The molecule has 0 saturated heterocycles. The van der Waals surface area contributed by atoms with Crippen molar-refractivity contribution in [2.45, 2.75) is 19.4 Å². The summed E-state index contributed by atoms with van der Waals surface area (Å²) in [5, 5.41) is 6.13. The highest BCUT2D eigenvalue weighted by molar-refractivity contribution is 9.10. The van der Waals surface area contributed by atoms with Crippen LogP contribution in [0.2, 0.25) is 0 Å². The van der Waals surface area contributed by atoms with E-state index in [4.69, 9.17) is 0 Å². The molecule has 1 aromatic carbocycles. The number of halogens is 1. The molecule has 1 atom stereocenters. The minimum Gasteiger partial charge on any atom is -0.348 e. The predicted molar refractivity (Wildman–Crippen MR) is 86.7 cm³/mol. The maximum Gasteiger partial charge on any atom is 0.234 e. The van der Waals surface area contributed by atoms with E-state index in [9.17, 15) is 4.79 Å². The van der Waals surface area contributed by atoms with Crippen LogP contribution >= 0.6 is 15.9 Å². The summed E-state index contributed by atoms with van der Waals surface area (Å²) in [6, 6.07) is 8.04. The molecule has 0 heterocycles. The molecule has 1 amide bonds. The van der Waals surface area contributed by atoms with Gasteiger partial charge in [0.15, 0.2) is 0 Å². The number of nitrogens with one attached hydrogen (secondary N) is 2. The molecule has 0 fully saturated rings. The van der Waals surface area contributed by atoms with Crippen LogP contribution in [0.3, 0.4) is 0 Å². The van der Waals surface area contributed by atoms with Crippen LogP contribution < -0.4 is 10.6 Å². The summed E-state index contributed by atoms with van der Waals surface area (Å²) in [7, 11) is 3.91. The molecule has 1 unspecified atom stereocenters. The second-order valence-electron chi connectivity index (χ2n) is 5.04. The van der Waals surface area contributed by atoms with Gasteiger partial charge in [-0.25, -0.2) is 0 Å². The van der Waals surface area contributed by atoms with Crippen LogP contribution in [0, 0.1) is 0 Å². The van der Waals surface area contributed by atoms with Gasteiger partial charge in [-0.1, -0.05) is 28.1 Å². The average Bonchev–Trinajstić information content (AvgIpc) is 2.39. The lowest BCUT2D eigenvalue weighted by Gasteiger charge is -2.19. The topological polar surface area (TPSA) is 44.4 Å². The number of nitrogens with zero attached hydrogens (tertiary/aromatic N) is 1. The van der Waals surface area contributed by atoms with Crippen molar-refractivity contribution < 1.29 is 4.79 Å². The maximum atomic E-state index is 12.0. The highest BCUT2D eigenvalue weighted by Crippen LogP contribution is 2.16. The highest BCUT2D eigenvalue weighted by Gasteiger charge is 2.11. The molecular formula is C15H24BrN3O. The van der Waals surface area contributed by atoms with Gasteiger partial charge in [0.25, 0.3) is 0 Å². The number of hydrogen-bond donors (Lipinski definition) is 2. The Morgan fingerprint density at radius 2 is 2.00 bits per heavy atom. The second kappa shape index (κ2) is 9.10. The highest BCUT2D eigenvalue weighted by atomic mass is 79.9. The zero-order valence-electron chi connectivity index (χ0n) is 12.4. The van der Waals surface area contributed by atoms with E-state index in [1.165, 1.54) is 0 Å². The Hall–Kier alpha value is -0.910. The largest absolute Gasteiger partial charge is 0.348 e. The zero-order valence-corrected chi connectivity index (χ0v) is 14.0. The monoisotopic (exact) mass is 341 g/mol. The summed E-state index contributed by atoms with van der Waals surface area (Å²) >= 11 is 3.41. The molecule has 0 spiro atoms. The molecule has 4 nitrogen and oxygen atoms in total. The quantitative estimate of drug-likeness (QED) is 0.712. The normalized spacial score (nSPS) is 12.4. The van der Waals surface area contributed by atoms with E-state index < -0.39 is 0 Å². The minimum absolute atomic E-state index is 0.0290. The molecule has 0 aromatic heterocycles. The smallest absolute Gasteiger partial charge is 0.234 e. The Morgan fingerprint density at radius 1 is 1.35 bits per heavy atom. The molecule has 112 valence electrons. The van der Waals surface area contributed by atoms with Crippen LogP contribution in [0.15, 0.2) is 28.7 Å². The van der Waals surface area contributed by atoms with Gasteiger partial charge in [-0.2, -0.15) is 0 Å². The van der Waals surface area contributed by atoms with Crippen LogP contribution in [0.4, 0.5) is 0 Å². The van der Waals surface area contributed by atoms with Gasteiger partial charge in [0.2, 0.25) is 5.91 Å². The van der Waals surface area contributed by atoms with E-state index in [2.05, 4.69) is 26.6 Å². The second-order valence-corrected chi connectivity index (χ2v) is 5.95. The fourth-order valence-corrected chi connectivity index (χ4v) is 2.24. The van der Waals surface area contributed by atoms with Gasteiger partial charge in [-0.05, 0) is 58.2 Å². The summed E-state index contributed by atoms with van der Waals surface area (Å²) in [6.07, 6.45) is 1.04. The van der Waals surface area contributed by atoms with E-state index in [0.29, 0.717) is 6.54 Å². The van der Waals surface area contributed by atoms with Crippen molar-refractivity contribution in [1.82, 2.24) is 15.5 Å². The van der Waals surface area contributed by atoms with Crippen LogP contribution in [-0.2, 0) is 4.79 Å². The third-order valence-electron chi connectivity index (χ3n) is 3.13. The number of hydrogen-bond acceptors (Lipinski definition) is 3. The molecule has 0 radical (unpaired) electrons. The van der Waals surface area contributed by atoms with Gasteiger partial charge < -0.3 is 10.6 Å². The number of rotatable bonds is 8. The Kier molecular flexibility index (Phi) is 7.80.